The number of unbranched alkanes of at least 4 members (excludes halogenated alkanes) is 2. The maximum atomic E-state index is 11.3. The van der Waals surface area contributed by atoms with Gasteiger partial charge in [-0.2, -0.15) is 21.4 Å². The molecule has 2 aliphatic heterocycles. The van der Waals surface area contributed by atoms with E-state index in [2.05, 4.69) is 112 Å². The zero-order chi connectivity index (χ0) is 36.6. The summed E-state index contributed by atoms with van der Waals surface area (Å²) in [5, 5.41) is 0.742. The van der Waals surface area contributed by atoms with E-state index in [0.717, 1.165) is 51.8 Å². The van der Waals surface area contributed by atoms with Crippen molar-refractivity contribution in [2.75, 3.05) is 29.5 Å². The Hall–Kier alpha value is -3.02. The lowest BCUT2D eigenvalue weighted by molar-refractivity contribution is -0.438. The van der Waals surface area contributed by atoms with Crippen LogP contribution in [0.2, 0.25) is 0 Å². The van der Waals surface area contributed by atoms with Crippen molar-refractivity contribution < 1.29 is 30.5 Å². The molecule has 2 aromatic rings. The minimum atomic E-state index is -4.00. The first-order chi connectivity index (χ1) is 23.3. The Morgan fingerprint density at radius 2 is 1.42 bits per heavy atom. The van der Waals surface area contributed by atoms with Crippen molar-refractivity contribution in [3.05, 3.63) is 105 Å². The van der Waals surface area contributed by atoms with Gasteiger partial charge in [0.25, 0.3) is 20.2 Å². The highest BCUT2D eigenvalue weighted by Crippen LogP contribution is 2.48. The molecule has 0 amide bonds. The predicted molar refractivity (Wildman–Crippen MR) is 204 cm³/mol. The standard InChI is InChI=1S/C39H49ClN2O6S2/c1-27-11-17-33-31(25-27)38(3,4)35(41(33)21-7-9-23-49(43,44)45)19-15-29-13-14-30(37(29)40)16-20-36-39(5,6)32-26-28(2)12-18-34(32)42(36)22-8-10-24-50(46,47)48/h11-12,15-20,25-26H,7-10,13-14,21-24H2,1-6H3,(H-,43,44,45,46,47,48)/p+1. The van der Waals surface area contributed by atoms with E-state index in [1.54, 1.807) is 0 Å². The number of aryl methyl sites for hydroxylation is 2. The van der Waals surface area contributed by atoms with Gasteiger partial charge in [-0.3, -0.25) is 9.11 Å². The number of halogens is 1. The maximum Gasteiger partial charge on any atom is 0.264 e. The van der Waals surface area contributed by atoms with Gasteiger partial charge in [0.15, 0.2) is 5.71 Å². The number of hydrogen-bond acceptors (Lipinski definition) is 5. The zero-order valence-electron chi connectivity index (χ0n) is 30.0. The fourth-order valence-corrected chi connectivity index (χ4v) is 8.99. The zero-order valence-corrected chi connectivity index (χ0v) is 32.3. The highest BCUT2D eigenvalue weighted by Gasteiger charge is 2.44. The van der Waals surface area contributed by atoms with Crippen LogP contribution in [-0.2, 0) is 31.1 Å². The highest BCUT2D eigenvalue weighted by molar-refractivity contribution is 7.86. The van der Waals surface area contributed by atoms with Crippen LogP contribution in [0.15, 0.2) is 82.6 Å². The molecule has 0 bridgehead atoms. The van der Waals surface area contributed by atoms with Crippen molar-refractivity contribution in [1.29, 1.82) is 0 Å². The average Bonchev–Trinajstić information content (AvgIpc) is 3.54. The molecule has 0 unspecified atom stereocenters. The molecule has 270 valence electrons. The van der Waals surface area contributed by atoms with Crippen LogP contribution in [0.3, 0.4) is 0 Å². The molecule has 5 rings (SSSR count). The fraction of sp³-hybridized carbons (Fsp3) is 0.462. The molecular weight excluding hydrogens is 692 g/mol. The third-order valence-electron chi connectivity index (χ3n) is 10.3. The molecule has 0 atom stereocenters. The van der Waals surface area contributed by atoms with Crippen LogP contribution in [0.1, 0.15) is 88.5 Å². The van der Waals surface area contributed by atoms with Gasteiger partial charge < -0.3 is 4.90 Å². The topological polar surface area (TPSA) is 115 Å². The minimum Gasteiger partial charge on any atom is -0.344 e. The quantitative estimate of drug-likeness (QED) is 0.120. The summed E-state index contributed by atoms with van der Waals surface area (Å²) >= 11 is 7.07. The summed E-state index contributed by atoms with van der Waals surface area (Å²) in [4.78, 5) is 2.27. The van der Waals surface area contributed by atoms with Crippen LogP contribution in [0.25, 0.3) is 0 Å². The van der Waals surface area contributed by atoms with Gasteiger partial charge in [-0.05, 0) is 94.7 Å². The van der Waals surface area contributed by atoms with Gasteiger partial charge in [0.2, 0.25) is 5.69 Å². The van der Waals surface area contributed by atoms with Crippen molar-refractivity contribution in [3.8, 4) is 0 Å². The molecule has 0 saturated heterocycles. The molecule has 0 aromatic heterocycles. The summed E-state index contributed by atoms with van der Waals surface area (Å²) in [5.41, 5.74) is 10.8. The number of anilines is 1. The van der Waals surface area contributed by atoms with Crippen LogP contribution in [-0.4, -0.2) is 60.8 Å². The van der Waals surface area contributed by atoms with Crippen LogP contribution in [0, 0.1) is 13.8 Å². The van der Waals surface area contributed by atoms with E-state index in [1.165, 1.54) is 22.3 Å². The van der Waals surface area contributed by atoms with Crippen molar-refractivity contribution in [3.63, 3.8) is 0 Å². The maximum absolute atomic E-state index is 11.3. The Balaban J connectivity index is 1.43. The number of hydrogen-bond donors (Lipinski definition) is 2. The van der Waals surface area contributed by atoms with Gasteiger partial charge in [-0.25, -0.2) is 0 Å². The molecular formula is C39H50ClN2O6S2+. The van der Waals surface area contributed by atoms with E-state index in [-0.39, 0.29) is 22.3 Å². The molecule has 11 heteroatoms. The van der Waals surface area contributed by atoms with E-state index >= 15 is 0 Å². The van der Waals surface area contributed by atoms with Gasteiger partial charge in [-0.1, -0.05) is 66.9 Å². The largest absolute Gasteiger partial charge is 0.344 e. The van der Waals surface area contributed by atoms with Gasteiger partial charge in [0.1, 0.15) is 6.54 Å². The number of nitrogens with zero attached hydrogens (tertiary/aromatic N) is 2. The normalized spacial score (nSPS) is 20.2. The molecule has 1 aliphatic carbocycles. The average molecular weight is 742 g/mol. The van der Waals surface area contributed by atoms with Crippen LogP contribution in [0.4, 0.5) is 11.4 Å². The molecule has 0 fully saturated rings. The van der Waals surface area contributed by atoms with Crippen molar-refractivity contribution >= 4 is 48.9 Å². The van der Waals surface area contributed by atoms with Gasteiger partial charge >= 0.3 is 0 Å². The summed E-state index contributed by atoms with van der Waals surface area (Å²) in [7, 11) is -8.00. The predicted octanol–water partition coefficient (Wildman–Crippen LogP) is 8.47. The van der Waals surface area contributed by atoms with Crippen molar-refractivity contribution in [1.82, 2.24) is 0 Å². The van der Waals surface area contributed by atoms with Gasteiger partial charge in [-0.15, -0.1) is 0 Å². The minimum absolute atomic E-state index is 0.251. The lowest BCUT2D eigenvalue weighted by Crippen LogP contribution is -2.28. The summed E-state index contributed by atoms with van der Waals surface area (Å²) in [5.74, 6) is -0.503. The second-order valence-electron chi connectivity index (χ2n) is 14.9. The Morgan fingerprint density at radius 3 is 2.08 bits per heavy atom. The SMILES string of the molecule is Cc1ccc2c(c1)C(C)(C)C(/C=C/C1=C(Cl)C(=C/C=C3/N(CCCCS(=O)(=O)O)c4ccc(C)cc4C3(C)C)/CC1)=[N+]2CCCCS(=O)(=O)O. The summed E-state index contributed by atoms with van der Waals surface area (Å²) in [6.45, 7) is 14.3. The van der Waals surface area contributed by atoms with E-state index in [4.69, 9.17) is 11.6 Å². The first-order valence-corrected chi connectivity index (χ1v) is 20.9. The summed E-state index contributed by atoms with van der Waals surface area (Å²) in [6, 6.07) is 12.9. The number of benzene rings is 2. The van der Waals surface area contributed by atoms with Crippen LogP contribution < -0.4 is 4.90 Å². The molecule has 2 heterocycles. The molecule has 0 saturated carbocycles. The van der Waals surface area contributed by atoms with Crippen LogP contribution >= 0.6 is 11.6 Å². The van der Waals surface area contributed by atoms with Gasteiger partial charge in [0, 0.05) is 52.5 Å². The summed E-state index contributed by atoms with van der Waals surface area (Å²) < 4.78 is 66.0. The first kappa shape index (κ1) is 38.2. The Bertz CT molecular complexity index is 2050. The van der Waals surface area contributed by atoms with Crippen molar-refractivity contribution in [2.45, 2.75) is 90.9 Å². The molecule has 0 spiro atoms. The third-order valence-corrected chi connectivity index (χ3v) is 12.4. The van der Waals surface area contributed by atoms with E-state index in [0.29, 0.717) is 38.8 Å². The number of allylic oxidation sites excluding steroid dienone is 8. The number of rotatable bonds is 13. The highest BCUT2D eigenvalue weighted by atomic mass is 35.5. The fourth-order valence-electron chi connectivity index (χ4n) is 7.54. The molecule has 50 heavy (non-hydrogen) atoms. The molecule has 3 aliphatic rings. The number of fused-ring (bicyclic) bond motifs is 2. The Labute approximate surface area is 303 Å². The van der Waals surface area contributed by atoms with Crippen LogP contribution in [0.5, 0.6) is 0 Å². The van der Waals surface area contributed by atoms with Gasteiger partial charge in [0.05, 0.1) is 16.9 Å². The molecule has 2 aromatic carbocycles. The lowest BCUT2D eigenvalue weighted by Gasteiger charge is -2.27. The van der Waals surface area contributed by atoms with Crippen molar-refractivity contribution in [2.24, 2.45) is 0 Å². The summed E-state index contributed by atoms with van der Waals surface area (Å²) in [6.07, 6.45) is 12.1. The molecule has 0 radical (unpaired) electrons. The monoisotopic (exact) mass is 741 g/mol. The van der Waals surface area contributed by atoms with E-state index in [9.17, 15) is 25.9 Å². The molecule has 8 nitrogen and oxygen atoms in total. The van der Waals surface area contributed by atoms with E-state index < -0.39 is 20.2 Å². The molecule has 2 N–H and O–H groups in total. The van der Waals surface area contributed by atoms with E-state index in [1.807, 2.05) is 0 Å². The first-order valence-electron chi connectivity index (χ1n) is 17.3. The second kappa shape index (κ2) is 14.5. The third kappa shape index (κ3) is 8.37. The second-order valence-corrected chi connectivity index (χ2v) is 18.4. The Morgan fingerprint density at radius 1 is 0.800 bits per heavy atom. The Kier molecular flexibility index (Phi) is 11.1. The lowest BCUT2D eigenvalue weighted by atomic mass is 9.81. The smallest absolute Gasteiger partial charge is 0.264 e.